The second-order valence-electron chi connectivity index (χ2n) is 4.81. The summed E-state index contributed by atoms with van der Waals surface area (Å²) >= 11 is 2.79. The van der Waals surface area contributed by atoms with E-state index in [-0.39, 0.29) is 12.6 Å². The van der Waals surface area contributed by atoms with Gasteiger partial charge in [0, 0.05) is 18.0 Å². The van der Waals surface area contributed by atoms with Crippen molar-refractivity contribution in [2.75, 3.05) is 12.4 Å². The molecule has 0 aliphatic carbocycles. The van der Waals surface area contributed by atoms with Gasteiger partial charge in [0.25, 0.3) is 0 Å². The Morgan fingerprint density at radius 3 is 2.83 bits per heavy atom. The van der Waals surface area contributed by atoms with Crippen LogP contribution < -0.4 is 5.32 Å². The fraction of sp³-hybridized carbons (Fsp3) is 0.188. The number of anilines is 1. The van der Waals surface area contributed by atoms with Crippen molar-refractivity contribution in [2.45, 2.75) is 13.5 Å². The highest BCUT2D eigenvalue weighted by molar-refractivity contribution is 7.13. The third kappa shape index (κ3) is 3.40. The summed E-state index contributed by atoms with van der Waals surface area (Å²) in [6.07, 6.45) is 0. The van der Waals surface area contributed by atoms with E-state index in [1.165, 1.54) is 22.9 Å². The Kier molecular flexibility index (Phi) is 4.68. The molecule has 0 fully saturated rings. The molecule has 2 heterocycles. The third-order valence-electron chi connectivity index (χ3n) is 3.22. The van der Waals surface area contributed by atoms with Crippen molar-refractivity contribution in [3.05, 3.63) is 52.7 Å². The average molecular weight is 345 g/mol. The zero-order chi connectivity index (χ0) is 16.2. The van der Waals surface area contributed by atoms with Crippen molar-refractivity contribution in [1.29, 1.82) is 0 Å². The van der Waals surface area contributed by atoms with E-state index in [9.17, 15) is 4.79 Å². The Morgan fingerprint density at radius 2 is 2.09 bits per heavy atom. The van der Waals surface area contributed by atoms with Crippen LogP contribution in [0.3, 0.4) is 0 Å². The van der Waals surface area contributed by atoms with E-state index in [0.29, 0.717) is 11.3 Å². The lowest BCUT2D eigenvalue weighted by Gasteiger charge is -2.04. The van der Waals surface area contributed by atoms with Crippen molar-refractivity contribution < 1.29 is 9.53 Å². The molecule has 3 aromatic rings. The lowest BCUT2D eigenvalue weighted by molar-refractivity contribution is 0.0469. The van der Waals surface area contributed by atoms with Crippen molar-refractivity contribution >= 4 is 33.8 Å². The maximum Gasteiger partial charge on any atom is 0.343 e. The number of esters is 1. The number of rotatable bonds is 5. The SMILES string of the molecule is CNc1snc(C)c1C(=O)OCc1csc(-c2ccccc2)n1. The van der Waals surface area contributed by atoms with Crippen molar-refractivity contribution in [1.82, 2.24) is 9.36 Å². The molecule has 23 heavy (non-hydrogen) atoms. The topological polar surface area (TPSA) is 64.1 Å². The van der Waals surface area contributed by atoms with Crippen LogP contribution in [0, 0.1) is 6.92 Å². The first-order valence-electron chi connectivity index (χ1n) is 7.00. The van der Waals surface area contributed by atoms with Crippen LogP contribution >= 0.6 is 22.9 Å². The number of hydrogen-bond acceptors (Lipinski definition) is 7. The fourth-order valence-corrected chi connectivity index (χ4v) is 3.62. The molecule has 118 valence electrons. The van der Waals surface area contributed by atoms with Gasteiger partial charge in [-0.25, -0.2) is 9.78 Å². The summed E-state index contributed by atoms with van der Waals surface area (Å²) in [5.41, 5.74) is 2.98. The first kappa shape index (κ1) is 15.6. The number of ether oxygens (including phenoxy) is 1. The number of carbonyl (C=O) groups is 1. The van der Waals surface area contributed by atoms with Crippen molar-refractivity contribution in [2.24, 2.45) is 0 Å². The summed E-state index contributed by atoms with van der Waals surface area (Å²) in [6.45, 7) is 1.95. The predicted octanol–water partition coefficient (Wildman–Crippen LogP) is 3.97. The molecular weight excluding hydrogens is 330 g/mol. The minimum absolute atomic E-state index is 0.153. The maximum atomic E-state index is 12.2. The van der Waals surface area contributed by atoms with Gasteiger partial charge < -0.3 is 10.1 Å². The van der Waals surface area contributed by atoms with Gasteiger partial charge in [0.15, 0.2) is 0 Å². The number of benzene rings is 1. The highest BCUT2D eigenvalue weighted by atomic mass is 32.1. The molecule has 0 atom stereocenters. The second kappa shape index (κ2) is 6.89. The molecule has 0 amide bonds. The number of aromatic nitrogens is 2. The number of nitrogens with one attached hydrogen (secondary N) is 1. The van der Waals surface area contributed by atoms with Crippen LogP contribution in [0.15, 0.2) is 35.7 Å². The summed E-state index contributed by atoms with van der Waals surface area (Å²) in [5, 5.41) is 6.51. The summed E-state index contributed by atoms with van der Waals surface area (Å²) in [7, 11) is 1.76. The summed E-state index contributed by atoms with van der Waals surface area (Å²) in [6, 6.07) is 9.93. The first-order chi connectivity index (χ1) is 11.2. The largest absolute Gasteiger partial charge is 0.455 e. The Morgan fingerprint density at radius 1 is 1.30 bits per heavy atom. The van der Waals surface area contributed by atoms with Crippen LogP contribution in [0.2, 0.25) is 0 Å². The highest BCUT2D eigenvalue weighted by Crippen LogP contribution is 2.26. The molecule has 0 saturated heterocycles. The summed E-state index contributed by atoms with van der Waals surface area (Å²) in [5.74, 6) is -0.380. The van der Waals surface area contributed by atoms with Gasteiger partial charge in [-0.1, -0.05) is 30.3 Å². The van der Waals surface area contributed by atoms with Crippen molar-refractivity contribution in [3.63, 3.8) is 0 Å². The van der Waals surface area contributed by atoms with Gasteiger partial charge in [-0.3, -0.25) is 0 Å². The van der Waals surface area contributed by atoms with Gasteiger partial charge in [-0.05, 0) is 18.5 Å². The summed E-state index contributed by atoms with van der Waals surface area (Å²) in [4.78, 5) is 16.7. The lowest BCUT2D eigenvalue weighted by Crippen LogP contribution is -2.08. The van der Waals surface area contributed by atoms with Gasteiger partial charge in [0.2, 0.25) is 0 Å². The number of nitrogens with zero attached hydrogens (tertiary/aromatic N) is 2. The molecule has 0 saturated carbocycles. The molecule has 1 N–H and O–H groups in total. The van der Waals surface area contributed by atoms with E-state index in [1.807, 2.05) is 35.7 Å². The molecule has 0 aliphatic rings. The maximum absolute atomic E-state index is 12.2. The molecule has 1 aromatic carbocycles. The van der Waals surface area contributed by atoms with Crippen LogP contribution in [-0.2, 0) is 11.3 Å². The van der Waals surface area contributed by atoms with Gasteiger partial charge in [0.1, 0.15) is 22.2 Å². The van der Waals surface area contributed by atoms with Gasteiger partial charge >= 0.3 is 5.97 Å². The first-order valence-corrected chi connectivity index (χ1v) is 8.65. The number of hydrogen-bond donors (Lipinski definition) is 1. The molecule has 7 heteroatoms. The minimum Gasteiger partial charge on any atom is -0.455 e. The number of thiazole rings is 1. The molecule has 5 nitrogen and oxygen atoms in total. The van der Waals surface area contributed by atoms with Crippen LogP contribution in [0.1, 0.15) is 21.7 Å². The van der Waals surface area contributed by atoms with Crippen LogP contribution in [-0.4, -0.2) is 22.4 Å². The molecular formula is C16H15N3O2S2. The van der Waals surface area contributed by atoms with Crippen LogP contribution in [0.5, 0.6) is 0 Å². The smallest absolute Gasteiger partial charge is 0.343 e. The van der Waals surface area contributed by atoms with E-state index < -0.39 is 0 Å². The highest BCUT2D eigenvalue weighted by Gasteiger charge is 2.19. The normalized spacial score (nSPS) is 10.5. The van der Waals surface area contributed by atoms with E-state index in [0.717, 1.165) is 21.3 Å². The molecule has 0 spiro atoms. The van der Waals surface area contributed by atoms with Crippen molar-refractivity contribution in [3.8, 4) is 10.6 Å². The van der Waals surface area contributed by atoms with E-state index in [2.05, 4.69) is 14.7 Å². The van der Waals surface area contributed by atoms with Crippen LogP contribution in [0.25, 0.3) is 10.6 Å². The minimum atomic E-state index is -0.380. The molecule has 2 aromatic heterocycles. The summed E-state index contributed by atoms with van der Waals surface area (Å²) < 4.78 is 9.55. The Bertz CT molecular complexity index is 812. The van der Waals surface area contributed by atoms with Gasteiger partial charge in [-0.15, -0.1) is 11.3 Å². The van der Waals surface area contributed by atoms with E-state index in [1.54, 1.807) is 14.0 Å². The fourth-order valence-electron chi connectivity index (χ4n) is 2.08. The molecule has 3 rings (SSSR count). The zero-order valence-corrected chi connectivity index (χ0v) is 14.3. The van der Waals surface area contributed by atoms with E-state index >= 15 is 0 Å². The average Bonchev–Trinajstić information content (AvgIpc) is 3.20. The number of aryl methyl sites for hydroxylation is 1. The molecule has 0 bridgehead atoms. The Hall–Kier alpha value is -2.25. The third-order valence-corrected chi connectivity index (χ3v) is 5.11. The van der Waals surface area contributed by atoms with Gasteiger partial charge in [0.05, 0.1) is 11.4 Å². The standard InChI is InChI=1S/C16H15N3O2S2/c1-10-13(15(17-2)23-19-10)16(20)21-8-12-9-22-14(18-12)11-6-4-3-5-7-11/h3-7,9,17H,8H2,1-2H3. The number of carbonyl (C=O) groups excluding carboxylic acids is 1. The van der Waals surface area contributed by atoms with E-state index in [4.69, 9.17) is 4.74 Å². The lowest BCUT2D eigenvalue weighted by atomic mass is 10.2. The zero-order valence-electron chi connectivity index (χ0n) is 12.7. The Labute approximate surface area is 142 Å². The molecule has 0 radical (unpaired) electrons. The Balaban J connectivity index is 1.68. The van der Waals surface area contributed by atoms with Crippen LogP contribution in [0.4, 0.5) is 5.00 Å². The molecule has 0 unspecified atom stereocenters. The van der Waals surface area contributed by atoms with Gasteiger partial charge in [-0.2, -0.15) is 4.37 Å². The predicted molar refractivity (Wildman–Crippen MR) is 93.1 cm³/mol. The quantitative estimate of drug-likeness (QED) is 0.709. The molecule has 0 aliphatic heterocycles. The second-order valence-corrected chi connectivity index (χ2v) is 6.44. The monoisotopic (exact) mass is 345 g/mol.